The van der Waals surface area contributed by atoms with Gasteiger partial charge in [-0.25, -0.2) is 4.68 Å². The van der Waals surface area contributed by atoms with Gasteiger partial charge in [0.15, 0.2) is 0 Å². The lowest BCUT2D eigenvalue weighted by Gasteiger charge is -2.19. The van der Waals surface area contributed by atoms with E-state index in [0.717, 1.165) is 46.4 Å². The molecular weight excluding hydrogens is 522 g/mol. The summed E-state index contributed by atoms with van der Waals surface area (Å²) in [6, 6.07) is 12.1. The maximum Gasteiger partial charge on any atom is 0.306 e. The third kappa shape index (κ3) is 6.66. The van der Waals surface area contributed by atoms with Crippen molar-refractivity contribution in [3.63, 3.8) is 0 Å². The van der Waals surface area contributed by atoms with E-state index >= 15 is 0 Å². The van der Waals surface area contributed by atoms with Crippen molar-refractivity contribution < 1.29 is 19.0 Å². The number of benzene rings is 1. The molecule has 4 rings (SSSR count). The number of aromatic nitrogens is 3. The Morgan fingerprint density at radius 2 is 1.97 bits per heavy atom. The lowest BCUT2D eigenvalue weighted by Crippen LogP contribution is -2.14. The van der Waals surface area contributed by atoms with Crippen LogP contribution in [0.1, 0.15) is 60.3 Å². The molecule has 0 radical (unpaired) electrons. The maximum atomic E-state index is 12.4. The molecule has 1 aromatic carbocycles. The van der Waals surface area contributed by atoms with Crippen LogP contribution < -0.4 is 9.47 Å². The number of aryl methyl sites for hydroxylation is 3. The van der Waals surface area contributed by atoms with E-state index in [2.05, 4.69) is 33.2 Å². The summed E-state index contributed by atoms with van der Waals surface area (Å²) in [7, 11) is 3.51. The molecule has 0 amide bonds. The van der Waals surface area contributed by atoms with E-state index in [-0.39, 0.29) is 18.3 Å². The van der Waals surface area contributed by atoms with E-state index in [1.165, 1.54) is 24.1 Å². The van der Waals surface area contributed by atoms with Gasteiger partial charge in [0.2, 0.25) is 5.88 Å². The van der Waals surface area contributed by atoms with E-state index in [1.807, 2.05) is 38.2 Å². The Labute approximate surface area is 221 Å². The lowest BCUT2D eigenvalue weighted by molar-refractivity contribution is -0.143. The number of nitrogens with zero attached hydrogens (tertiary/aromatic N) is 3. The average molecular weight is 557 g/mol. The molecule has 0 bridgehead atoms. The smallest absolute Gasteiger partial charge is 0.306 e. The van der Waals surface area contributed by atoms with Crippen LogP contribution in [0.2, 0.25) is 0 Å². The van der Waals surface area contributed by atoms with Crippen LogP contribution in [0, 0.1) is 0 Å². The van der Waals surface area contributed by atoms with Gasteiger partial charge in [0.05, 0.1) is 32.4 Å². The topological polar surface area (TPSA) is 75.5 Å². The molecule has 0 fully saturated rings. The summed E-state index contributed by atoms with van der Waals surface area (Å²) in [6.45, 7) is 2.69. The van der Waals surface area contributed by atoms with Gasteiger partial charge in [0.1, 0.15) is 5.75 Å². The van der Waals surface area contributed by atoms with Gasteiger partial charge in [-0.05, 0) is 74.4 Å². The monoisotopic (exact) mass is 555 g/mol. The van der Waals surface area contributed by atoms with E-state index in [0.29, 0.717) is 25.5 Å². The predicted molar refractivity (Wildman–Crippen MR) is 142 cm³/mol. The summed E-state index contributed by atoms with van der Waals surface area (Å²) in [4.78, 5) is 17.3. The minimum atomic E-state index is -0.241. The van der Waals surface area contributed by atoms with Crippen LogP contribution in [0.5, 0.6) is 11.6 Å². The molecule has 36 heavy (non-hydrogen) atoms. The van der Waals surface area contributed by atoms with Crippen LogP contribution in [0.25, 0.3) is 0 Å². The number of fused-ring (bicyclic) bond motifs is 1. The zero-order valence-electron chi connectivity index (χ0n) is 21.3. The number of esters is 1. The first-order valence-electron chi connectivity index (χ1n) is 12.6. The maximum absolute atomic E-state index is 12.4. The van der Waals surface area contributed by atoms with Gasteiger partial charge < -0.3 is 14.2 Å². The van der Waals surface area contributed by atoms with Gasteiger partial charge in [0, 0.05) is 41.3 Å². The Kier molecular flexibility index (Phi) is 9.02. The fraction of sp³-hybridized carbons (Fsp3) is 0.464. The van der Waals surface area contributed by atoms with E-state index in [9.17, 15) is 4.79 Å². The molecule has 7 nitrogen and oxygen atoms in total. The molecule has 0 saturated carbocycles. The minimum absolute atomic E-state index is 0.154. The molecule has 1 unspecified atom stereocenters. The van der Waals surface area contributed by atoms with Gasteiger partial charge in [-0.15, -0.1) is 0 Å². The Hall–Kier alpha value is -2.87. The fourth-order valence-corrected chi connectivity index (χ4v) is 5.14. The van der Waals surface area contributed by atoms with Crippen molar-refractivity contribution in [2.75, 3.05) is 20.3 Å². The molecule has 192 valence electrons. The van der Waals surface area contributed by atoms with Crippen LogP contribution in [0.3, 0.4) is 0 Å². The normalized spacial score (nSPS) is 13.7. The lowest BCUT2D eigenvalue weighted by atomic mass is 9.90. The molecule has 0 aliphatic heterocycles. The first kappa shape index (κ1) is 26.2. The van der Waals surface area contributed by atoms with Crippen molar-refractivity contribution in [2.24, 2.45) is 7.05 Å². The number of pyridine rings is 1. The molecule has 2 aromatic heterocycles. The summed E-state index contributed by atoms with van der Waals surface area (Å²) in [5.41, 5.74) is 5.48. The Bertz CT molecular complexity index is 1190. The molecule has 1 aliphatic carbocycles. The molecule has 1 atom stereocenters. The fourth-order valence-electron chi connectivity index (χ4n) is 4.76. The third-order valence-electron chi connectivity index (χ3n) is 6.54. The van der Waals surface area contributed by atoms with Gasteiger partial charge >= 0.3 is 5.97 Å². The first-order chi connectivity index (χ1) is 17.5. The molecule has 2 heterocycles. The van der Waals surface area contributed by atoms with Crippen LogP contribution >= 0.6 is 15.9 Å². The Morgan fingerprint density at radius 1 is 1.14 bits per heavy atom. The van der Waals surface area contributed by atoms with E-state index in [4.69, 9.17) is 19.2 Å². The quantitative estimate of drug-likeness (QED) is 0.296. The van der Waals surface area contributed by atoms with E-state index < -0.39 is 0 Å². The van der Waals surface area contributed by atoms with Crippen molar-refractivity contribution >= 4 is 21.9 Å². The number of methoxy groups -OCH3 is 1. The average Bonchev–Trinajstić information content (AvgIpc) is 3.22. The molecule has 0 N–H and O–H groups in total. The number of hydrogen-bond acceptors (Lipinski definition) is 6. The number of hydrogen-bond donors (Lipinski definition) is 0. The highest BCUT2D eigenvalue weighted by Crippen LogP contribution is 2.34. The van der Waals surface area contributed by atoms with Gasteiger partial charge in [0.25, 0.3) is 0 Å². The summed E-state index contributed by atoms with van der Waals surface area (Å²) in [5, 5.41) is 4.66. The summed E-state index contributed by atoms with van der Waals surface area (Å²) >= 11 is 3.54. The molecule has 3 aromatic rings. The van der Waals surface area contributed by atoms with Crippen molar-refractivity contribution in [3.05, 3.63) is 69.1 Å². The van der Waals surface area contributed by atoms with Crippen LogP contribution in [-0.2, 0) is 42.3 Å². The molecule has 1 aliphatic rings. The summed E-state index contributed by atoms with van der Waals surface area (Å²) in [6.07, 6.45) is 6.22. The van der Waals surface area contributed by atoms with Gasteiger partial charge in [-0.3, -0.25) is 9.78 Å². The van der Waals surface area contributed by atoms with Crippen molar-refractivity contribution in [1.29, 1.82) is 0 Å². The van der Waals surface area contributed by atoms with Gasteiger partial charge in [-0.2, -0.15) is 5.10 Å². The second-order valence-electron chi connectivity index (χ2n) is 9.11. The minimum Gasteiger partial charge on any atom is -0.496 e. The van der Waals surface area contributed by atoms with Crippen LogP contribution in [0.4, 0.5) is 0 Å². The first-order valence-corrected chi connectivity index (χ1v) is 13.4. The van der Waals surface area contributed by atoms with E-state index in [1.54, 1.807) is 11.8 Å². The van der Waals surface area contributed by atoms with Crippen molar-refractivity contribution in [1.82, 2.24) is 14.8 Å². The second-order valence-corrected chi connectivity index (χ2v) is 10.0. The number of ether oxygens (including phenoxy) is 3. The third-order valence-corrected chi connectivity index (χ3v) is 7.03. The SMILES string of the molecule is CCOC(=O)CC(Cc1cc(OCCc2ccc3c(n2)CCCC3)n(C)n1)c1cc(Br)ccc1OC. The number of carbonyl (C=O) groups excluding carboxylic acids is 1. The Balaban J connectivity index is 1.44. The highest BCUT2D eigenvalue weighted by Gasteiger charge is 2.23. The summed E-state index contributed by atoms with van der Waals surface area (Å²) in [5.74, 6) is 1.03. The van der Waals surface area contributed by atoms with Crippen molar-refractivity contribution in [2.45, 2.75) is 57.8 Å². The number of carbonyl (C=O) groups is 1. The second kappa shape index (κ2) is 12.4. The Morgan fingerprint density at radius 3 is 2.78 bits per heavy atom. The van der Waals surface area contributed by atoms with Crippen LogP contribution in [-0.4, -0.2) is 41.1 Å². The standard InChI is InChI=1S/C28H34BrN3O4/c1-4-35-28(33)16-20(24-17-21(29)10-12-26(24)34-3)15-23-18-27(32(2)31-23)36-14-13-22-11-9-19-7-5-6-8-25(19)30-22/h9-12,17-18,20H,4-8,13-16H2,1-3H3. The predicted octanol–water partition coefficient (Wildman–Crippen LogP) is 5.37. The van der Waals surface area contributed by atoms with Crippen molar-refractivity contribution in [3.8, 4) is 11.6 Å². The van der Waals surface area contributed by atoms with Crippen LogP contribution in [0.15, 0.2) is 40.9 Å². The highest BCUT2D eigenvalue weighted by atomic mass is 79.9. The molecule has 8 heteroatoms. The zero-order valence-corrected chi connectivity index (χ0v) is 22.8. The largest absolute Gasteiger partial charge is 0.496 e. The zero-order chi connectivity index (χ0) is 25.5. The molecule has 0 saturated heterocycles. The molecular formula is C28H34BrN3O4. The molecule has 0 spiro atoms. The van der Waals surface area contributed by atoms with Gasteiger partial charge in [-0.1, -0.05) is 22.0 Å². The number of rotatable bonds is 11. The number of halogens is 1. The highest BCUT2D eigenvalue weighted by molar-refractivity contribution is 9.10. The summed E-state index contributed by atoms with van der Waals surface area (Å²) < 4.78 is 19.6.